The molecule has 3 heteroatoms. The molecule has 0 aliphatic rings. The Bertz CT molecular complexity index is 302. The largest absolute Gasteiger partial charge is 0.501 e. The van der Waals surface area contributed by atoms with Gasteiger partial charge < -0.3 is 10.1 Å². The highest BCUT2D eigenvalue weighted by Crippen LogP contribution is 2.26. The second-order valence-electron chi connectivity index (χ2n) is 4.17. The van der Waals surface area contributed by atoms with Gasteiger partial charge in [-0.2, -0.15) is 0 Å². The van der Waals surface area contributed by atoms with Crippen molar-refractivity contribution in [1.82, 2.24) is 5.32 Å². The average Bonchev–Trinajstić information content (AvgIpc) is 2.41. The van der Waals surface area contributed by atoms with Crippen molar-refractivity contribution < 1.29 is 9.13 Å². The van der Waals surface area contributed by atoms with E-state index in [1.165, 1.54) is 6.08 Å². The normalized spacial score (nSPS) is 15.1. The zero-order chi connectivity index (χ0) is 14.0. The smallest absolute Gasteiger partial charge is 0.126 e. The summed E-state index contributed by atoms with van der Waals surface area (Å²) in [5.74, 6) is 0.734. The summed E-state index contributed by atoms with van der Waals surface area (Å²) in [6, 6.07) is 0. The lowest BCUT2D eigenvalue weighted by molar-refractivity contribution is 0.279. The summed E-state index contributed by atoms with van der Waals surface area (Å²) >= 11 is 0. The minimum absolute atomic E-state index is 0.187. The molecule has 0 aromatic carbocycles. The van der Waals surface area contributed by atoms with Crippen LogP contribution in [0.25, 0.3) is 0 Å². The second-order valence-corrected chi connectivity index (χ2v) is 4.17. The Labute approximate surface area is 111 Å². The fraction of sp³-hybridized carbons (Fsp3) is 0.600. The summed E-state index contributed by atoms with van der Waals surface area (Å²) in [6.45, 7) is 8.45. The average molecular weight is 255 g/mol. The van der Waals surface area contributed by atoms with Gasteiger partial charge >= 0.3 is 0 Å². The number of hydrogen-bond acceptors (Lipinski definition) is 2. The molecule has 0 radical (unpaired) electrons. The van der Waals surface area contributed by atoms with Crippen LogP contribution in [0.15, 0.2) is 35.9 Å². The van der Waals surface area contributed by atoms with Gasteiger partial charge in [-0.15, -0.1) is 0 Å². The Kier molecular flexibility index (Phi) is 9.29. The van der Waals surface area contributed by atoms with Crippen LogP contribution in [0.2, 0.25) is 0 Å². The van der Waals surface area contributed by atoms with Gasteiger partial charge in [0.2, 0.25) is 0 Å². The van der Waals surface area contributed by atoms with Gasteiger partial charge in [0.25, 0.3) is 0 Å². The lowest BCUT2D eigenvalue weighted by Gasteiger charge is -2.18. The minimum atomic E-state index is -0.249. The Balaban J connectivity index is 5.22. The molecule has 0 aromatic heterocycles. The molecule has 0 bridgehead atoms. The monoisotopic (exact) mass is 255 g/mol. The van der Waals surface area contributed by atoms with Crippen molar-refractivity contribution in [2.24, 2.45) is 5.92 Å². The molecule has 18 heavy (non-hydrogen) atoms. The third kappa shape index (κ3) is 5.50. The highest BCUT2D eigenvalue weighted by Gasteiger charge is 2.15. The van der Waals surface area contributed by atoms with Crippen molar-refractivity contribution in [3.63, 3.8) is 0 Å². The van der Waals surface area contributed by atoms with E-state index in [4.69, 9.17) is 4.74 Å². The van der Waals surface area contributed by atoms with Crippen LogP contribution in [0.4, 0.5) is 4.39 Å². The summed E-state index contributed by atoms with van der Waals surface area (Å²) in [4.78, 5) is 0. The Morgan fingerprint density at radius 3 is 2.50 bits per heavy atom. The fourth-order valence-electron chi connectivity index (χ4n) is 1.88. The van der Waals surface area contributed by atoms with E-state index in [1.807, 2.05) is 20.0 Å². The molecule has 0 aromatic rings. The van der Waals surface area contributed by atoms with Gasteiger partial charge in [0, 0.05) is 6.42 Å². The van der Waals surface area contributed by atoms with Gasteiger partial charge in [-0.1, -0.05) is 20.4 Å². The maximum absolute atomic E-state index is 13.9. The van der Waals surface area contributed by atoms with E-state index in [-0.39, 0.29) is 11.7 Å². The quantitative estimate of drug-likeness (QED) is 0.497. The number of hydrogen-bond donors (Lipinski definition) is 1. The molecule has 0 spiro atoms. The van der Waals surface area contributed by atoms with Crippen molar-refractivity contribution in [1.29, 1.82) is 0 Å². The van der Waals surface area contributed by atoms with Crippen molar-refractivity contribution in [2.45, 2.75) is 33.1 Å². The molecule has 1 atom stereocenters. The number of ether oxygens (including phenoxy) is 1. The molecule has 0 rings (SSSR count). The van der Waals surface area contributed by atoms with E-state index in [9.17, 15) is 4.39 Å². The molecule has 0 aliphatic heterocycles. The zero-order valence-corrected chi connectivity index (χ0v) is 12.1. The van der Waals surface area contributed by atoms with Crippen molar-refractivity contribution >= 4 is 0 Å². The van der Waals surface area contributed by atoms with Crippen LogP contribution in [0, 0.1) is 5.92 Å². The Morgan fingerprint density at radius 2 is 2.11 bits per heavy atom. The van der Waals surface area contributed by atoms with Crippen LogP contribution in [0.3, 0.4) is 0 Å². The van der Waals surface area contributed by atoms with E-state index in [1.54, 1.807) is 7.11 Å². The van der Waals surface area contributed by atoms with Gasteiger partial charge in [0.1, 0.15) is 5.83 Å². The molecule has 0 heterocycles. The van der Waals surface area contributed by atoms with E-state index in [2.05, 4.69) is 18.8 Å². The van der Waals surface area contributed by atoms with Gasteiger partial charge in [0.15, 0.2) is 0 Å². The minimum Gasteiger partial charge on any atom is -0.501 e. The Morgan fingerprint density at radius 1 is 1.44 bits per heavy atom. The van der Waals surface area contributed by atoms with Crippen molar-refractivity contribution in [2.75, 3.05) is 20.7 Å². The van der Waals surface area contributed by atoms with Gasteiger partial charge in [0.05, 0.1) is 12.9 Å². The Hall–Kier alpha value is -1.09. The van der Waals surface area contributed by atoms with Crippen LogP contribution < -0.4 is 5.32 Å². The van der Waals surface area contributed by atoms with Gasteiger partial charge in [-0.25, -0.2) is 4.39 Å². The molecule has 104 valence electrons. The van der Waals surface area contributed by atoms with E-state index < -0.39 is 0 Å². The third-order valence-electron chi connectivity index (χ3n) is 3.06. The third-order valence-corrected chi connectivity index (χ3v) is 3.06. The first-order valence-corrected chi connectivity index (χ1v) is 6.55. The predicted molar refractivity (Wildman–Crippen MR) is 76.0 cm³/mol. The zero-order valence-electron chi connectivity index (χ0n) is 12.1. The first-order valence-electron chi connectivity index (χ1n) is 6.55. The van der Waals surface area contributed by atoms with Crippen LogP contribution in [0.5, 0.6) is 0 Å². The number of methoxy groups -OCH3 is 1. The standard InChI is InChI=1S/C15H26FNO/c1-6-12(9-10-17-4)14(15(16)8-3)11-13(7-2)18-5/h8,11-12,17H,3,6-7,9-10H2,1-2,4-5H3/b13-11+,15-14-. The van der Waals surface area contributed by atoms with Crippen molar-refractivity contribution in [3.05, 3.63) is 35.9 Å². The lowest BCUT2D eigenvalue weighted by atomic mass is 9.91. The summed E-state index contributed by atoms with van der Waals surface area (Å²) in [6.07, 6.45) is 5.65. The molecule has 0 saturated carbocycles. The lowest BCUT2D eigenvalue weighted by Crippen LogP contribution is -2.14. The van der Waals surface area contributed by atoms with E-state index >= 15 is 0 Å². The van der Waals surface area contributed by atoms with Gasteiger partial charge in [-0.3, -0.25) is 0 Å². The maximum atomic E-state index is 13.9. The highest BCUT2D eigenvalue weighted by atomic mass is 19.1. The summed E-state index contributed by atoms with van der Waals surface area (Å²) in [5, 5.41) is 3.10. The first-order chi connectivity index (χ1) is 8.64. The van der Waals surface area contributed by atoms with Crippen LogP contribution in [0.1, 0.15) is 33.1 Å². The summed E-state index contributed by atoms with van der Waals surface area (Å²) < 4.78 is 19.2. The van der Waals surface area contributed by atoms with E-state index in [0.717, 1.165) is 31.6 Å². The van der Waals surface area contributed by atoms with Crippen LogP contribution in [-0.4, -0.2) is 20.7 Å². The number of rotatable bonds is 9. The molecule has 2 nitrogen and oxygen atoms in total. The molecule has 0 amide bonds. The molecular formula is C15H26FNO. The second kappa shape index (κ2) is 9.89. The van der Waals surface area contributed by atoms with E-state index in [0.29, 0.717) is 5.57 Å². The predicted octanol–water partition coefficient (Wildman–Crippen LogP) is 3.97. The molecule has 0 saturated heterocycles. The summed E-state index contributed by atoms with van der Waals surface area (Å²) in [7, 11) is 3.52. The van der Waals surface area contributed by atoms with Crippen LogP contribution >= 0.6 is 0 Å². The van der Waals surface area contributed by atoms with Crippen molar-refractivity contribution in [3.8, 4) is 0 Å². The SMILES string of the molecule is C=C/C(F)=C(\C=C(/CC)OC)C(CC)CCNC. The van der Waals surface area contributed by atoms with Gasteiger partial charge in [-0.05, 0) is 50.1 Å². The molecule has 0 aliphatic carbocycles. The van der Waals surface area contributed by atoms with Crippen LogP contribution in [-0.2, 0) is 4.74 Å². The number of nitrogens with one attached hydrogen (secondary N) is 1. The molecular weight excluding hydrogens is 229 g/mol. The highest BCUT2D eigenvalue weighted by molar-refractivity contribution is 5.31. The maximum Gasteiger partial charge on any atom is 0.126 e. The molecule has 0 fully saturated rings. The molecule has 1 N–H and O–H groups in total. The fourth-order valence-corrected chi connectivity index (χ4v) is 1.88. The first kappa shape index (κ1) is 16.9. The molecule has 1 unspecified atom stereocenters. The number of allylic oxidation sites excluding steroid dienone is 5. The topological polar surface area (TPSA) is 21.3 Å². The number of halogens is 1. The summed E-state index contributed by atoms with van der Waals surface area (Å²) in [5.41, 5.74) is 0.696.